The lowest BCUT2D eigenvalue weighted by Crippen LogP contribution is -2.46. The molecule has 0 bridgehead atoms. The van der Waals surface area contributed by atoms with E-state index in [1.807, 2.05) is 35.2 Å². The molecule has 1 amide bonds. The third-order valence-electron chi connectivity index (χ3n) is 5.85. The molecule has 7 heteroatoms. The predicted molar refractivity (Wildman–Crippen MR) is 127 cm³/mol. The van der Waals surface area contributed by atoms with Crippen LogP contribution in [-0.2, 0) is 6.54 Å². The Hall–Kier alpha value is -1.95. The van der Waals surface area contributed by atoms with E-state index in [2.05, 4.69) is 28.0 Å². The molecule has 0 unspecified atom stereocenters. The first-order valence-electron chi connectivity index (χ1n) is 10.2. The van der Waals surface area contributed by atoms with E-state index in [0.29, 0.717) is 0 Å². The lowest BCUT2D eigenvalue weighted by molar-refractivity contribution is 0.0774. The molecular weight excluding hydrogens is 421 g/mol. The Bertz CT molecular complexity index is 826. The summed E-state index contributed by atoms with van der Waals surface area (Å²) in [4.78, 5) is 19.4. The lowest BCUT2D eigenvalue weighted by atomic mass is 10.1. The van der Waals surface area contributed by atoms with Crippen molar-refractivity contribution in [2.24, 2.45) is 0 Å². The number of rotatable bonds is 7. The molecule has 0 radical (unpaired) electrons. The molecule has 1 saturated heterocycles. The van der Waals surface area contributed by atoms with E-state index in [9.17, 15) is 4.79 Å². The minimum absolute atomic E-state index is 0. The number of carbonyl (C=O) groups excluding carboxylic acids is 1. The van der Waals surface area contributed by atoms with Gasteiger partial charge < -0.3 is 14.5 Å². The molecule has 0 atom stereocenters. The molecule has 2 aliphatic heterocycles. The van der Waals surface area contributed by atoms with Crippen molar-refractivity contribution in [3.8, 4) is 5.75 Å². The van der Waals surface area contributed by atoms with Crippen LogP contribution in [0.2, 0.25) is 0 Å². The highest BCUT2D eigenvalue weighted by Gasteiger charge is 2.26. The fraction of sp³-hybridized carbons (Fsp3) is 0.435. The molecule has 0 N–H and O–H groups in total. The average molecular weight is 452 g/mol. The van der Waals surface area contributed by atoms with E-state index >= 15 is 0 Å². The van der Waals surface area contributed by atoms with Gasteiger partial charge in [-0.2, -0.15) is 0 Å². The number of para-hydroxylation sites is 2. The molecule has 1 fully saturated rings. The van der Waals surface area contributed by atoms with Crippen molar-refractivity contribution >= 4 is 36.4 Å². The Kier molecular flexibility index (Phi) is 9.28. The lowest BCUT2D eigenvalue weighted by Gasteiger charge is -2.36. The molecule has 0 aromatic heterocycles. The molecule has 2 aromatic carbocycles. The molecule has 5 nitrogen and oxygen atoms in total. The van der Waals surface area contributed by atoms with Gasteiger partial charge in [-0.15, -0.1) is 24.8 Å². The number of hydrogen-bond donors (Lipinski definition) is 0. The first-order chi connectivity index (χ1) is 13.8. The van der Waals surface area contributed by atoms with Gasteiger partial charge in [-0.25, -0.2) is 0 Å². The zero-order valence-corrected chi connectivity index (χ0v) is 19.1. The highest BCUT2D eigenvalue weighted by atomic mass is 35.5. The zero-order valence-electron chi connectivity index (χ0n) is 17.5. The number of benzene rings is 2. The largest absolute Gasteiger partial charge is 0.495 e. The van der Waals surface area contributed by atoms with E-state index in [1.165, 1.54) is 11.3 Å². The van der Waals surface area contributed by atoms with Gasteiger partial charge in [-0.05, 0) is 43.1 Å². The van der Waals surface area contributed by atoms with Crippen LogP contribution in [0.1, 0.15) is 28.8 Å². The fourth-order valence-electron chi connectivity index (χ4n) is 4.24. The Balaban J connectivity index is 0.00000160. The standard InChI is InChI=1S/C23H29N3O2.2ClH/c1-28-22-11-5-4-10-21(22)25-16-14-24(15-17-25)12-6-7-13-26-18-19-8-2-3-9-20(19)23(26)27;;/h2-5,8-11H,6-7,12-18H2,1H3;2*1H. The summed E-state index contributed by atoms with van der Waals surface area (Å²) >= 11 is 0. The van der Waals surface area contributed by atoms with E-state index in [-0.39, 0.29) is 30.7 Å². The van der Waals surface area contributed by atoms with Gasteiger partial charge in [-0.3, -0.25) is 9.69 Å². The molecule has 4 rings (SSSR count). The van der Waals surface area contributed by atoms with Crippen LogP contribution in [0.3, 0.4) is 0 Å². The third-order valence-corrected chi connectivity index (χ3v) is 5.85. The molecular formula is C23H31Cl2N3O2. The van der Waals surface area contributed by atoms with Crippen molar-refractivity contribution in [1.29, 1.82) is 0 Å². The molecule has 0 spiro atoms. The number of methoxy groups -OCH3 is 1. The van der Waals surface area contributed by atoms with Gasteiger partial charge in [0.1, 0.15) is 5.75 Å². The number of halogens is 2. The van der Waals surface area contributed by atoms with E-state index in [4.69, 9.17) is 4.74 Å². The van der Waals surface area contributed by atoms with Crippen LogP contribution in [0, 0.1) is 0 Å². The number of unbranched alkanes of at least 4 members (excludes halogenated alkanes) is 1. The van der Waals surface area contributed by atoms with Crippen LogP contribution in [-0.4, -0.2) is 62.1 Å². The van der Waals surface area contributed by atoms with Gasteiger partial charge in [0.25, 0.3) is 5.91 Å². The van der Waals surface area contributed by atoms with Gasteiger partial charge >= 0.3 is 0 Å². The van der Waals surface area contributed by atoms with Crippen molar-refractivity contribution in [1.82, 2.24) is 9.80 Å². The predicted octanol–water partition coefficient (Wildman–Crippen LogP) is 4.10. The summed E-state index contributed by atoms with van der Waals surface area (Å²) in [7, 11) is 1.73. The molecule has 2 aliphatic rings. The van der Waals surface area contributed by atoms with E-state index in [0.717, 1.165) is 70.0 Å². The number of anilines is 1. The van der Waals surface area contributed by atoms with Crippen molar-refractivity contribution in [2.45, 2.75) is 19.4 Å². The summed E-state index contributed by atoms with van der Waals surface area (Å²) in [5.41, 5.74) is 3.24. The van der Waals surface area contributed by atoms with Crippen molar-refractivity contribution in [3.05, 3.63) is 59.7 Å². The van der Waals surface area contributed by atoms with Crippen LogP contribution in [0.15, 0.2) is 48.5 Å². The van der Waals surface area contributed by atoms with E-state index < -0.39 is 0 Å². The maximum Gasteiger partial charge on any atom is 0.254 e. The average Bonchev–Trinajstić information content (AvgIpc) is 3.07. The van der Waals surface area contributed by atoms with Crippen LogP contribution >= 0.6 is 24.8 Å². The molecule has 30 heavy (non-hydrogen) atoms. The number of nitrogens with zero attached hydrogens (tertiary/aromatic N) is 3. The van der Waals surface area contributed by atoms with Crippen LogP contribution in [0.5, 0.6) is 5.75 Å². The molecule has 0 aliphatic carbocycles. The SMILES string of the molecule is COc1ccccc1N1CCN(CCCCN2Cc3ccccc3C2=O)CC1.Cl.Cl. The number of ether oxygens (including phenoxy) is 1. The van der Waals surface area contributed by atoms with Crippen LogP contribution < -0.4 is 9.64 Å². The van der Waals surface area contributed by atoms with Gasteiger partial charge in [0.15, 0.2) is 0 Å². The first kappa shape index (κ1) is 24.3. The smallest absolute Gasteiger partial charge is 0.254 e. The topological polar surface area (TPSA) is 36.0 Å². The van der Waals surface area contributed by atoms with Gasteiger partial charge in [-0.1, -0.05) is 30.3 Å². The highest BCUT2D eigenvalue weighted by molar-refractivity contribution is 5.98. The first-order valence-corrected chi connectivity index (χ1v) is 10.2. The Morgan fingerprint density at radius 2 is 1.53 bits per heavy atom. The Morgan fingerprint density at radius 3 is 2.27 bits per heavy atom. The second kappa shape index (κ2) is 11.4. The molecule has 164 valence electrons. The van der Waals surface area contributed by atoms with Gasteiger partial charge in [0, 0.05) is 44.8 Å². The Morgan fingerprint density at radius 1 is 0.867 bits per heavy atom. The Labute approximate surface area is 191 Å². The van der Waals surface area contributed by atoms with Crippen molar-refractivity contribution in [3.63, 3.8) is 0 Å². The number of piperazine rings is 1. The summed E-state index contributed by atoms with van der Waals surface area (Å²) < 4.78 is 5.50. The second-order valence-electron chi connectivity index (χ2n) is 7.59. The maximum absolute atomic E-state index is 12.4. The van der Waals surface area contributed by atoms with Crippen molar-refractivity contribution < 1.29 is 9.53 Å². The number of amides is 1. The quantitative estimate of drug-likeness (QED) is 0.593. The fourth-order valence-corrected chi connectivity index (χ4v) is 4.24. The second-order valence-corrected chi connectivity index (χ2v) is 7.59. The summed E-state index contributed by atoms with van der Waals surface area (Å²) in [6, 6.07) is 16.2. The van der Waals surface area contributed by atoms with Gasteiger partial charge in [0.2, 0.25) is 0 Å². The highest BCUT2D eigenvalue weighted by Crippen LogP contribution is 2.28. The molecule has 0 saturated carbocycles. The number of carbonyl (C=O) groups is 1. The number of hydrogen-bond acceptors (Lipinski definition) is 4. The number of fused-ring (bicyclic) bond motifs is 1. The van der Waals surface area contributed by atoms with Crippen LogP contribution in [0.25, 0.3) is 0 Å². The summed E-state index contributed by atoms with van der Waals surface area (Å²) in [6.07, 6.45) is 2.20. The van der Waals surface area contributed by atoms with Crippen LogP contribution in [0.4, 0.5) is 5.69 Å². The molecule has 2 heterocycles. The monoisotopic (exact) mass is 451 g/mol. The maximum atomic E-state index is 12.4. The zero-order chi connectivity index (χ0) is 19.3. The summed E-state index contributed by atoms with van der Waals surface area (Å²) in [6.45, 7) is 6.94. The molecule has 2 aromatic rings. The van der Waals surface area contributed by atoms with E-state index in [1.54, 1.807) is 7.11 Å². The summed E-state index contributed by atoms with van der Waals surface area (Å²) in [5, 5.41) is 0. The minimum atomic E-state index is 0. The van der Waals surface area contributed by atoms with Crippen molar-refractivity contribution in [2.75, 3.05) is 51.3 Å². The minimum Gasteiger partial charge on any atom is -0.495 e. The normalized spacial score (nSPS) is 16.0. The third kappa shape index (κ3) is 5.39. The summed E-state index contributed by atoms with van der Waals surface area (Å²) in [5.74, 6) is 1.15. The van der Waals surface area contributed by atoms with Gasteiger partial charge in [0.05, 0.1) is 12.8 Å².